The van der Waals surface area contributed by atoms with E-state index in [0.29, 0.717) is 0 Å². The number of benzene rings is 1. The van der Waals surface area contributed by atoms with Crippen LogP contribution in [0.15, 0.2) is 12.1 Å². The molecule has 1 aromatic carbocycles. The van der Waals surface area contributed by atoms with E-state index in [1.807, 2.05) is 26.0 Å². The molecule has 17 heavy (non-hydrogen) atoms. The van der Waals surface area contributed by atoms with E-state index >= 15 is 0 Å². The molecular formula is C13H15NO3. The molecule has 0 bridgehead atoms. The number of amides is 1. The summed E-state index contributed by atoms with van der Waals surface area (Å²) in [6, 6.07) is 3.86. The summed E-state index contributed by atoms with van der Waals surface area (Å²) in [4.78, 5) is 23.0. The molecule has 2 N–H and O–H groups in total. The highest BCUT2D eigenvalue weighted by Crippen LogP contribution is 2.41. The number of carboxylic acids is 1. The van der Waals surface area contributed by atoms with Gasteiger partial charge in [-0.1, -0.05) is 19.1 Å². The number of carboxylic acid groups (broad SMARTS) is 1. The fraction of sp³-hybridized carbons (Fsp3) is 0.385. The fourth-order valence-corrected chi connectivity index (χ4v) is 2.35. The zero-order valence-electron chi connectivity index (χ0n) is 10.1. The number of aryl methyl sites for hydroxylation is 2. The minimum Gasteiger partial charge on any atom is -0.481 e. The fourth-order valence-electron chi connectivity index (χ4n) is 2.35. The second kappa shape index (κ2) is 3.87. The van der Waals surface area contributed by atoms with Crippen molar-refractivity contribution in [1.29, 1.82) is 0 Å². The lowest BCUT2D eigenvalue weighted by molar-refractivity contribution is -0.143. The highest BCUT2D eigenvalue weighted by atomic mass is 16.4. The molecule has 2 unspecified atom stereocenters. The summed E-state index contributed by atoms with van der Waals surface area (Å²) in [7, 11) is 0. The van der Waals surface area contributed by atoms with Crippen molar-refractivity contribution in [2.45, 2.75) is 26.7 Å². The average molecular weight is 233 g/mol. The standard InChI is InChI=1S/C13H15NO3/c1-6-4-5-7(2)11-9(6)10(12(15)14-11)8(3)13(16)17/h4-5,8,10H,1-3H3,(H,14,15)(H,16,17). The van der Waals surface area contributed by atoms with Crippen molar-refractivity contribution >= 4 is 17.6 Å². The number of rotatable bonds is 2. The molecule has 0 fully saturated rings. The van der Waals surface area contributed by atoms with E-state index in [1.165, 1.54) is 0 Å². The minimum absolute atomic E-state index is 0.215. The maximum absolute atomic E-state index is 11.9. The van der Waals surface area contributed by atoms with E-state index in [-0.39, 0.29) is 5.91 Å². The number of nitrogens with one attached hydrogen (secondary N) is 1. The molecule has 0 radical (unpaired) electrons. The number of hydrogen-bond acceptors (Lipinski definition) is 2. The van der Waals surface area contributed by atoms with Crippen LogP contribution in [-0.2, 0) is 9.59 Å². The van der Waals surface area contributed by atoms with Gasteiger partial charge in [-0.15, -0.1) is 0 Å². The van der Waals surface area contributed by atoms with Crippen LogP contribution in [0.1, 0.15) is 29.5 Å². The lowest BCUT2D eigenvalue weighted by Crippen LogP contribution is -2.25. The van der Waals surface area contributed by atoms with Crippen molar-refractivity contribution in [2.24, 2.45) is 5.92 Å². The van der Waals surface area contributed by atoms with E-state index in [4.69, 9.17) is 5.11 Å². The second-order valence-corrected chi connectivity index (χ2v) is 4.58. The summed E-state index contributed by atoms with van der Waals surface area (Å²) < 4.78 is 0. The summed E-state index contributed by atoms with van der Waals surface area (Å²) in [6.07, 6.45) is 0. The summed E-state index contributed by atoms with van der Waals surface area (Å²) in [6.45, 7) is 5.38. The molecule has 90 valence electrons. The Hall–Kier alpha value is -1.84. The van der Waals surface area contributed by atoms with Gasteiger partial charge in [-0.05, 0) is 30.5 Å². The highest BCUT2D eigenvalue weighted by molar-refractivity contribution is 6.06. The van der Waals surface area contributed by atoms with Gasteiger partial charge in [-0.2, -0.15) is 0 Å². The first-order valence-electron chi connectivity index (χ1n) is 5.57. The van der Waals surface area contributed by atoms with Crippen molar-refractivity contribution in [1.82, 2.24) is 0 Å². The van der Waals surface area contributed by atoms with Crippen LogP contribution >= 0.6 is 0 Å². The quantitative estimate of drug-likeness (QED) is 0.821. The highest BCUT2D eigenvalue weighted by Gasteiger charge is 2.39. The van der Waals surface area contributed by atoms with E-state index in [2.05, 4.69) is 5.32 Å². The Bertz CT molecular complexity index is 508. The molecule has 1 amide bonds. The number of anilines is 1. The molecule has 4 heteroatoms. The molecule has 0 saturated carbocycles. The maximum atomic E-state index is 11.9. The van der Waals surface area contributed by atoms with Crippen molar-refractivity contribution in [2.75, 3.05) is 5.32 Å². The number of hydrogen-bond donors (Lipinski definition) is 2. The molecule has 1 aliphatic heterocycles. The molecule has 0 aliphatic carbocycles. The molecule has 0 aromatic heterocycles. The Kier molecular flexibility index (Phi) is 2.65. The summed E-state index contributed by atoms with van der Waals surface area (Å²) >= 11 is 0. The predicted octanol–water partition coefficient (Wildman–Crippen LogP) is 2.06. The summed E-state index contributed by atoms with van der Waals surface area (Å²) in [5.41, 5.74) is 3.55. The Balaban J connectivity index is 2.57. The van der Waals surface area contributed by atoms with Crippen LogP contribution in [0.2, 0.25) is 0 Å². The van der Waals surface area contributed by atoms with Gasteiger partial charge >= 0.3 is 5.97 Å². The zero-order chi connectivity index (χ0) is 12.7. The van der Waals surface area contributed by atoms with Crippen LogP contribution in [0, 0.1) is 19.8 Å². The minimum atomic E-state index is -0.945. The first-order valence-corrected chi connectivity index (χ1v) is 5.57. The van der Waals surface area contributed by atoms with Gasteiger partial charge in [0.1, 0.15) is 0 Å². The van der Waals surface area contributed by atoms with Crippen LogP contribution in [-0.4, -0.2) is 17.0 Å². The summed E-state index contributed by atoms with van der Waals surface area (Å²) in [5, 5.41) is 11.9. The maximum Gasteiger partial charge on any atom is 0.307 e. The average Bonchev–Trinajstić information content (AvgIpc) is 2.61. The number of carbonyl (C=O) groups is 2. The number of fused-ring (bicyclic) bond motifs is 1. The molecule has 1 heterocycles. The van der Waals surface area contributed by atoms with Crippen molar-refractivity contribution in [3.05, 3.63) is 28.8 Å². The van der Waals surface area contributed by atoms with Crippen molar-refractivity contribution in [3.63, 3.8) is 0 Å². The topological polar surface area (TPSA) is 66.4 Å². The number of aliphatic carboxylic acids is 1. The Labute approximate surface area is 99.6 Å². The molecular weight excluding hydrogens is 218 g/mol. The second-order valence-electron chi connectivity index (χ2n) is 4.58. The zero-order valence-corrected chi connectivity index (χ0v) is 10.1. The SMILES string of the molecule is Cc1ccc(C)c2c1NC(=O)C2C(C)C(=O)O. The third-order valence-corrected chi connectivity index (χ3v) is 3.40. The van der Waals surface area contributed by atoms with Gasteiger partial charge < -0.3 is 10.4 Å². The van der Waals surface area contributed by atoms with Crippen molar-refractivity contribution < 1.29 is 14.7 Å². The first kappa shape index (κ1) is 11.6. The van der Waals surface area contributed by atoms with Crippen LogP contribution in [0.3, 0.4) is 0 Å². The molecule has 1 aliphatic rings. The van der Waals surface area contributed by atoms with Crippen LogP contribution in [0.4, 0.5) is 5.69 Å². The molecule has 0 saturated heterocycles. The Morgan fingerprint density at radius 1 is 1.35 bits per heavy atom. The molecule has 0 spiro atoms. The van der Waals surface area contributed by atoms with E-state index in [1.54, 1.807) is 6.92 Å². The third kappa shape index (κ3) is 1.69. The van der Waals surface area contributed by atoms with Gasteiger partial charge in [0.15, 0.2) is 0 Å². The molecule has 2 atom stereocenters. The monoisotopic (exact) mass is 233 g/mol. The van der Waals surface area contributed by atoms with E-state index in [9.17, 15) is 9.59 Å². The first-order chi connectivity index (χ1) is 7.93. The van der Waals surface area contributed by atoms with Crippen LogP contribution in [0.5, 0.6) is 0 Å². The van der Waals surface area contributed by atoms with Crippen LogP contribution < -0.4 is 5.32 Å². The van der Waals surface area contributed by atoms with Gasteiger partial charge in [-0.3, -0.25) is 9.59 Å². The Morgan fingerprint density at radius 2 is 1.94 bits per heavy atom. The molecule has 4 nitrogen and oxygen atoms in total. The van der Waals surface area contributed by atoms with Gasteiger partial charge in [0.25, 0.3) is 0 Å². The smallest absolute Gasteiger partial charge is 0.307 e. The largest absolute Gasteiger partial charge is 0.481 e. The normalized spacial score (nSPS) is 19.7. The van der Waals surface area contributed by atoms with Gasteiger partial charge in [0.2, 0.25) is 5.91 Å². The molecule has 1 aromatic rings. The lowest BCUT2D eigenvalue weighted by atomic mass is 9.85. The Morgan fingerprint density at radius 3 is 2.53 bits per heavy atom. The van der Waals surface area contributed by atoms with Gasteiger partial charge in [-0.25, -0.2) is 0 Å². The third-order valence-electron chi connectivity index (χ3n) is 3.40. The molecule has 2 rings (SSSR count). The predicted molar refractivity (Wildman–Crippen MR) is 64.1 cm³/mol. The van der Waals surface area contributed by atoms with E-state index < -0.39 is 17.8 Å². The van der Waals surface area contributed by atoms with Crippen molar-refractivity contribution in [3.8, 4) is 0 Å². The summed E-state index contributed by atoms with van der Waals surface area (Å²) in [5.74, 6) is -2.45. The van der Waals surface area contributed by atoms with Gasteiger partial charge in [0, 0.05) is 5.69 Å². The lowest BCUT2D eigenvalue weighted by Gasteiger charge is -2.15. The van der Waals surface area contributed by atoms with Gasteiger partial charge in [0.05, 0.1) is 11.8 Å². The van der Waals surface area contributed by atoms with Crippen LogP contribution in [0.25, 0.3) is 0 Å². The van der Waals surface area contributed by atoms with E-state index in [0.717, 1.165) is 22.4 Å². The number of carbonyl (C=O) groups excluding carboxylic acids is 1.